The lowest BCUT2D eigenvalue weighted by Gasteiger charge is -2.07. The lowest BCUT2D eigenvalue weighted by atomic mass is 10.1. The van der Waals surface area contributed by atoms with Gasteiger partial charge in [0.15, 0.2) is 0 Å². The Kier molecular flexibility index (Phi) is 4.01. The van der Waals surface area contributed by atoms with E-state index in [2.05, 4.69) is 10.2 Å². The summed E-state index contributed by atoms with van der Waals surface area (Å²) in [5.41, 5.74) is 9.41. The maximum atomic E-state index is 6.26. The molecule has 1 aromatic heterocycles. The summed E-state index contributed by atoms with van der Waals surface area (Å²) in [6, 6.07) is 15.4. The summed E-state index contributed by atoms with van der Waals surface area (Å²) < 4.78 is 0. The highest BCUT2D eigenvalue weighted by Gasteiger charge is 2.16. The Balaban J connectivity index is 1.95. The van der Waals surface area contributed by atoms with E-state index in [1.807, 2.05) is 55.5 Å². The van der Waals surface area contributed by atoms with Crippen LogP contribution in [0, 0.1) is 6.92 Å². The number of hydrogen-bond donors (Lipinski definition) is 1. The highest BCUT2D eigenvalue weighted by atomic mass is 35.5. The van der Waals surface area contributed by atoms with Crippen LogP contribution >= 0.6 is 22.9 Å². The summed E-state index contributed by atoms with van der Waals surface area (Å²) >= 11 is 7.57. The second kappa shape index (κ2) is 5.93. The molecule has 0 fully saturated rings. The number of halogens is 1. The molecular weight excluding hydrogens is 302 g/mol. The van der Waals surface area contributed by atoms with Crippen molar-refractivity contribution in [3.63, 3.8) is 0 Å². The molecule has 0 aliphatic rings. The third-order valence-electron chi connectivity index (χ3n) is 3.30. The van der Waals surface area contributed by atoms with Crippen molar-refractivity contribution in [1.29, 1.82) is 0 Å². The minimum atomic E-state index is -0.253. The van der Waals surface area contributed by atoms with Gasteiger partial charge in [0.1, 0.15) is 10.0 Å². The van der Waals surface area contributed by atoms with Gasteiger partial charge in [0.2, 0.25) is 0 Å². The van der Waals surface area contributed by atoms with Crippen molar-refractivity contribution >= 4 is 22.9 Å². The fourth-order valence-corrected chi connectivity index (χ4v) is 3.22. The van der Waals surface area contributed by atoms with E-state index in [0.29, 0.717) is 5.02 Å². The van der Waals surface area contributed by atoms with E-state index in [1.165, 1.54) is 11.3 Å². The van der Waals surface area contributed by atoms with Gasteiger partial charge < -0.3 is 5.73 Å². The van der Waals surface area contributed by atoms with Crippen LogP contribution in [0.5, 0.6) is 0 Å². The Morgan fingerprint density at radius 1 is 1.10 bits per heavy atom. The van der Waals surface area contributed by atoms with Crippen LogP contribution in [0.3, 0.4) is 0 Å². The normalized spacial score (nSPS) is 12.3. The van der Waals surface area contributed by atoms with Crippen LogP contribution in [-0.4, -0.2) is 10.2 Å². The maximum Gasteiger partial charge on any atom is 0.148 e. The number of hydrogen-bond acceptors (Lipinski definition) is 4. The predicted molar refractivity (Wildman–Crippen MR) is 87.6 cm³/mol. The van der Waals surface area contributed by atoms with Gasteiger partial charge in [-0.05, 0) is 30.2 Å². The molecule has 3 aromatic rings. The minimum Gasteiger partial charge on any atom is -0.318 e. The molecule has 0 bridgehead atoms. The molecule has 0 spiro atoms. The molecule has 3 rings (SSSR count). The van der Waals surface area contributed by atoms with Crippen molar-refractivity contribution in [3.05, 3.63) is 69.7 Å². The lowest BCUT2D eigenvalue weighted by Crippen LogP contribution is -2.11. The van der Waals surface area contributed by atoms with Crippen LogP contribution in [0.15, 0.2) is 48.5 Å². The second-order valence-electron chi connectivity index (χ2n) is 4.79. The summed E-state index contributed by atoms with van der Waals surface area (Å²) in [7, 11) is 0. The van der Waals surface area contributed by atoms with E-state index < -0.39 is 0 Å². The molecule has 0 amide bonds. The number of rotatable bonds is 3. The van der Waals surface area contributed by atoms with Gasteiger partial charge in [-0.25, -0.2) is 0 Å². The minimum absolute atomic E-state index is 0.253. The molecule has 5 heteroatoms. The molecule has 1 unspecified atom stereocenters. The monoisotopic (exact) mass is 315 g/mol. The van der Waals surface area contributed by atoms with Gasteiger partial charge in [-0.3, -0.25) is 0 Å². The first kappa shape index (κ1) is 14.2. The Morgan fingerprint density at radius 2 is 1.86 bits per heavy atom. The summed E-state index contributed by atoms with van der Waals surface area (Å²) in [5, 5.41) is 10.8. The first-order valence-electron chi connectivity index (χ1n) is 6.55. The van der Waals surface area contributed by atoms with Crippen molar-refractivity contribution in [1.82, 2.24) is 10.2 Å². The summed E-state index contributed by atoms with van der Waals surface area (Å²) in [6.07, 6.45) is 0. The number of nitrogens with zero attached hydrogens (tertiary/aromatic N) is 2. The largest absolute Gasteiger partial charge is 0.318 e. The van der Waals surface area contributed by atoms with Gasteiger partial charge in [-0.2, -0.15) is 0 Å². The van der Waals surface area contributed by atoms with E-state index in [0.717, 1.165) is 26.7 Å². The average molecular weight is 316 g/mol. The fourth-order valence-electron chi connectivity index (χ4n) is 2.10. The number of aryl methyl sites for hydroxylation is 1. The van der Waals surface area contributed by atoms with Gasteiger partial charge in [0, 0.05) is 10.6 Å². The van der Waals surface area contributed by atoms with Gasteiger partial charge >= 0.3 is 0 Å². The Bertz CT molecular complexity index is 755. The predicted octanol–water partition coefficient (Wildman–Crippen LogP) is 4.22. The average Bonchev–Trinajstić information content (AvgIpc) is 2.99. The molecule has 3 nitrogen and oxygen atoms in total. The molecule has 106 valence electrons. The zero-order valence-corrected chi connectivity index (χ0v) is 13.0. The fraction of sp³-hybridized carbons (Fsp3) is 0.125. The molecule has 2 N–H and O–H groups in total. The van der Waals surface area contributed by atoms with Gasteiger partial charge in [-0.1, -0.05) is 59.3 Å². The second-order valence-corrected chi connectivity index (χ2v) is 6.24. The van der Waals surface area contributed by atoms with Crippen LogP contribution in [0.25, 0.3) is 10.6 Å². The zero-order chi connectivity index (χ0) is 14.8. The van der Waals surface area contributed by atoms with Gasteiger partial charge in [-0.15, -0.1) is 10.2 Å². The molecule has 0 aliphatic heterocycles. The number of benzene rings is 2. The Morgan fingerprint density at radius 3 is 2.62 bits per heavy atom. The third-order valence-corrected chi connectivity index (χ3v) is 4.57. The van der Waals surface area contributed by atoms with E-state index >= 15 is 0 Å². The number of nitrogens with two attached hydrogens (primary N) is 1. The highest BCUT2D eigenvalue weighted by molar-refractivity contribution is 7.14. The van der Waals surface area contributed by atoms with Gasteiger partial charge in [0.25, 0.3) is 0 Å². The van der Waals surface area contributed by atoms with Crippen LogP contribution in [0.2, 0.25) is 5.02 Å². The lowest BCUT2D eigenvalue weighted by molar-refractivity contribution is 0.831. The van der Waals surface area contributed by atoms with Crippen molar-refractivity contribution in [2.75, 3.05) is 0 Å². The highest BCUT2D eigenvalue weighted by Crippen LogP contribution is 2.32. The van der Waals surface area contributed by atoms with Crippen LogP contribution < -0.4 is 5.73 Å². The molecular formula is C16H14ClN3S. The maximum absolute atomic E-state index is 6.26. The third kappa shape index (κ3) is 2.97. The van der Waals surface area contributed by atoms with E-state index in [9.17, 15) is 0 Å². The molecule has 0 saturated carbocycles. The van der Waals surface area contributed by atoms with Gasteiger partial charge in [0.05, 0.1) is 6.04 Å². The topological polar surface area (TPSA) is 51.8 Å². The molecule has 1 heterocycles. The SMILES string of the molecule is Cc1ccc(Cl)cc1-c1nnc(C(N)c2ccccc2)s1. The standard InChI is InChI=1S/C16H14ClN3S/c1-10-7-8-12(17)9-13(10)15-19-20-16(21-15)14(18)11-5-3-2-4-6-11/h2-9,14H,18H2,1H3. The van der Waals surface area contributed by atoms with Crippen molar-refractivity contribution in [3.8, 4) is 10.6 Å². The molecule has 21 heavy (non-hydrogen) atoms. The molecule has 0 saturated heterocycles. The van der Waals surface area contributed by atoms with Crippen LogP contribution in [0.1, 0.15) is 22.2 Å². The smallest absolute Gasteiger partial charge is 0.148 e. The molecule has 0 radical (unpaired) electrons. The quantitative estimate of drug-likeness (QED) is 0.787. The summed E-state index contributed by atoms with van der Waals surface area (Å²) in [5.74, 6) is 0. The Labute approximate surface area is 132 Å². The molecule has 1 atom stereocenters. The van der Waals surface area contributed by atoms with Crippen LogP contribution in [-0.2, 0) is 0 Å². The first-order chi connectivity index (χ1) is 10.1. The summed E-state index contributed by atoms with van der Waals surface area (Å²) in [4.78, 5) is 0. The molecule has 2 aromatic carbocycles. The van der Waals surface area contributed by atoms with Crippen molar-refractivity contribution in [2.45, 2.75) is 13.0 Å². The molecule has 0 aliphatic carbocycles. The van der Waals surface area contributed by atoms with E-state index in [-0.39, 0.29) is 6.04 Å². The summed E-state index contributed by atoms with van der Waals surface area (Å²) in [6.45, 7) is 2.03. The Hall–Kier alpha value is -1.75. The van der Waals surface area contributed by atoms with Crippen LogP contribution in [0.4, 0.5) is 0 Å². The van der Waals surface area contributed by atoms with Crippen molar-refractivity contribution in [2.24, 2.45) is 5.73 Å². The number of aromatic nitrogens is 2. The van der Waals surface area contributed by atoms with E-state index in [4.69, 9.17) is 17.3 Å². The van der Waals surface area contributed by atoms with E-state index in [1.54, 1.807) is 0 Å². The zero-order valence-electron chi connectivity index (χ0n) is 11.5. The van der Waals surface area contributed by atoms with Crippen molar-refractivity contribution < 1.29 is 0 Å². The first-order valence-corrected chi connectivity index (χ1v) is 7.75.